The monoisotopic (exact) mass is 258 g/mol. The van der Waals surface area contributed by atoms with E-state index in [2.05, 4.69) is 10.4 Å². The first kappa shape index (κ1) is 14.0. The number of amides is 1. The molecule has 0 unspecified atom stereocenters. The van der Waals surface area contributed by atoms with Crippen LogP contribution in [0.5, 0.6) is 0 Å². The molecule has 96 valence electrons. The molecule has 2 atom stereocenters. The Labute approximate surface area is 107 Å². The van der Waals surface area contributed by atoms with Gasteiger partial charge in [0.1, 0.15) is 0 Å². The first-order chi connectivity index (χ1) is 7.65. The summed E-state index contributed by atoms with van der Waals surface area (Å²) in [6.45, 7) is 0. The van der Waals surface area contributed by atoms with Crippen molar-refractivity contribution in [2.45, 2.75) is 31.7 Å². The zero-order valence-corrected chi connectivity index (χ0v) is 10.7. The van der Waals surface area contributed by atoms with Crippen molar-refractivity contribution in [2.75, 3.05) is 5.32 Å². The SMILES string of the molecule is Cl.Cn1ccc(NC(=O)C[C@@H]2CCC[C@H]2N)n1. The number of hydrogen-bond acceptors (Lipinski definition) is 3. The third-order valence-electron chi connectivity index (χ3n) is 3.15. The molecule has 17 heavy (non-hydrogen) atoms. The number of nitrogens with two attached hydrogens (primary N) is 1. The first-order valence-electron chi connectivity index (χ1n) is 5.70. The van der Waals surface area contributed by atoms with E-state index in [-0.39, 0.29) is 24.4 Å². The molecule has 1 aromatic heterocycles. The highest BCUT2D eigenvalue weighted by atomic mass is 35.5. The average Bonchev–Trinajstić information content (AvgIpc) is 2.77. The Hall–Kier alpha value is -1.07. The van der Waals surface area contributed by atoms with Crippen molar-refractivity contribution in [3.63, 3.8) is 0 Å². The van der Waals surface area contributed by atoms with Crippen molar-refractivity contribution in [1.29, 1.82) is 0 Å². The van der Waals surface area contributed by atoms with E-state index in [0.717, 1.165) is 19.3 Å². The van der Waals surface area contributed by atoms with Gasteiger partial charge in [-0.3, -0.25) is 9.48 Å². The highest BCUT2D eigenvalue weighted by molar-refractivity contribution is 5.89. The summed E-state index contributed by atoms with van der Waals surface area (Å²) in [5, 5.41) is 6.88. The fourth-order valence-electron chi connectivity index (χ4n) is 2.23. The van der Waals surface area contributed by atoms with E-state index in [1.54, 1.807) is 16.9 Å². The van der Waals surface area contributed by atoms with Gasteiger partial charge in [0.25, 0.3) is 0 Å². The number of halogens is 1. The molecule has 0 aromatic carbocycles. The third-order valence-corrected chi connectivity index (χ3v) is 3.15. The van der Waals surface area contributed by atoms with Crippen molar-refractivity contribution in [3.05, 3.63) is 12.3 Å². The minimum atomic E-state index is 0. The van der Waals surface area contributed by atoms with E-state index in [0.29, 0.717) is 18.2 Å². The number of aryl methyl sites for hydroxylation is 1. The van der Waals surface area contributed by atoms with Gasteiger partial charge >= 0.3 is 0 Å². The van der Waals surface area contributed by atoms with Gasteiger partial charge in [-0.25, -0.2) is 0 Å². The number of anilines is 1. The smallest absolute Gasteiger partial charge is 0.225 e. The zero-order valence-electron chi connectivity index (χ0n) is 9.93. The lowest BCUT2D eigenvalue weighted by Crippen LogP contribution is -2.28. The highest BCUT2D eigenvalue weighted by Gasteiger charge is 2.26. The summed E-state index contributed by atoms with van der Waals surface area (Å²) in [6, 6.07) is 1.97. The Bertz CT molecular complexity index is 379. The first-order valence-corrected chi connectivity index (χ1v) is 5.70. The second kappa shape index (κ2) is 6.02. The molecule has 1 amide bonds. The Balaban J connectivity index is 0.00000144. The number of hydrogen-bond donors (Lipinski definition) is 2. The summed E-state index contributed by atoms with van der Waals surface area (Å²) in [7, 11) is 1.82. The molecule has 0 spiro atoms. The molecule has 0 radical (unpaired) electrons. The quantitative estimate of drug-likeness (QED) is 0.858. The van der Waals surface area contributed by atoms with Crippen molar-refractivity contribution in [2.24, 2.45) is 18.7 Å². The van der Waals surface area contributed by atoms with Gasteiger partial charge in [-0.1, -0.05) is 6.42 Å². The number of nitrogens with zero attached hydrogens (tertiary/aromatic N) is 2. The van der Waals surface area contributed by atoms with Crippen molar-refractivity contribution in [3.8, 4) is 0 Å². The van der Waals surface area contributed by atoms with Gasteiger partial charge in [0, 0.05) is 31.8 Å². The molecule has 6 heteroatoms. The molecule has 1 aliphatic rings. The summed E-state index contributed by atoms with van der Waals surface area (Å²) in [6.07, 6.45) is 5.57. The Kier molecular flexibility index (Phi) is 4.96. The number of aromatic nitrogens is 2. The van der Waals surface area contributed by atoms with Crippen LogP contribution in [0.25, 0.3) is 0 Å². The van der Waals surface area contributed by atoms with Crippen LogP contribution in [-0.2, 0) is 11.8 Å². The summed E-state index contributed by atoms with van der Waals surface area (Å²) in [5.74, 6) is 0.962. The van der Waals surface area contributed by atoms with Crippen LogP contribution in [0.1, 0.15) is 25.7 Å². The maximum absolute atomic E-state index is 11.7. The third kappa shape index (κ3) is 3.71. The molecule has 2 rings (SSSR count). The minimum Gasteiger partial charge on any atom is -0.327 e. The van der Waals surface area contributed by atoms with Crippen LogP contribution < -0.4 is 11.1 Å². The molecular weight excluding hydrogens is 240 g/mol. The summed E-state index contributed by atoms with van der Waals surface area (Å²) in [4.78, 5) is 11.7. The van der Waals surface area contributed by atoms with E-state index < -0.39 is 0 Å². The molecule has 1 aromatic rings. The molecule has 5 nitrogen and oxygen atoms in total. The number of carbonyl (C=O) groups is 1. The van der Waals surface area contributed by atoms with Crippen LogP contribution >= 0.6 is 12.4 Å². The van der Waals surface area contributed by atoms with E-state index in [1.807, 2.05) is 7.05 Å². The normalized spacial score (nSPS) is 23.2. The van der Waals surface area contributed by atoms with Crippen LogP contribution in [0, 0.1) is 5.92 Å². The van der Waals surface area contributed by atoms with Gasteiger partial charge in [0.05, 0.1) is 0 Å². The zero-order chi connectivity index (χ0) is 11.5. The van der Waals surface area contributed by atoms with E-state index >= 15 is 0 Å². The van der Waals surface area contributed by atoms with Gasteiger partial charge in [-0.2, -0.15) is 5.10 Å². The summed E-state index contributed by atoms with van der Waals surface area (Å²) < 4.78 is 1.66. The molecule has 0 saturated heterocycles. The standard InChI is InChI=1S/C11H18N4O.ClH/c1-15-6-5-10(14-15)13-11(16)7-8-3-2-4-9(8)12;/h5-6,8-9H,2-4,7,12H2,1H3,(H,13,14,16);1H/t8-,9+;/m0./s1. The fourth-order valence-corrected chi connectivity index (χ4v) is 2.23. The van der Waals surface area contributed by atoms with Gasteiger partial charge in [0.2, 0.25) is 5.91 Å². The van der Waals surface area contributed by atoms with Gasteiger partial charge in [-0.05, 0) is 18.8 Å². The maximum Gasteiger partial charge on any atom is 0.225 e. The molecule has 0 aliphatic heterocycles. The van der Waals surface area contributed by atoms with Crippen molar-refractivity contribution in [1.82, 2.24) is 9.78 Å². The van der Waals surface area contributed by atoms with Gasteiger partial charge < -0.3 is 11.1 Å². The van der Waals surface area contributed by atoms with Crippen LogP contribution in [0.2, 0.25) is 0 Å². The fraction of sp³-hybridized carbons (Fsp3) is 0.636. The molecule has 3 N–H and O–H groups in total. The minimum absolute atomic E-state index is 0. The maximum atomic E-state index is 11.7. The summed E-state index contributed by atoms with van der Waals surface area (Å²) in [5.41, 5.74) is 5.93. The Morgan fingerprint density at radius 1 is 1.65 bits per heavy atom. The van der Waals surface area contributed by atoms with Crippen LogP contribution in [0.4, 0.5) is 5.82 Å². The molecule has 1 heterocycles. The topological polar surface area (TPSA) is 72.9 Å². The molecule has 1 saturated carbocycles. The summed E-state index contributed by atoms with van der Waals surface area (Å²) >= 11 is 0. The van der Waals surface area contributed by atoms with Crippen molar-refractivity contribution < 1.29 is 4.79 Å². The van der Waals surface area contributed by atoms with Crippen LogP contribution in [0.3, 0.4) is 0 Å². The highest BCUT2D eigenvalue weighted by Crippen LogP contribution is 2.26. The second-order valence-corrected chi connectivity index (χ2v) is 4.48. The van der Waals surface area contributed by atoms with Crippen LogP contribution in [0.15, 0.2) is 12.3 Å². The second-order valence-electron chi connectivity index (χ2n) is 4.48. The molecule has 1 fully saturated rings. The predicted molar refractivity (Wildman–Crippen MR) is 69.0 cm³/mol. The van der Waals surface area contributed by atoms with E-state index in [4.69, 9.17) is 5.73 Å². The van der Waals surface area contributed by atoms with Gasteiger partial charge in [-0.15, -0.1) is 12.4 Å². The lowest BCUT2D eigenvalue weighted by atomic mass is 10.00. The Morgan fingerprint density at radius 3 is 2.94 bits per heavy atom. The lowest BCUT2D eigenvalue weighted by Gasteiger charge is -2.13. The molecule has 0 bridgehead atoms. The van der Waals surface area contributed by atoms with Gasteiger partial charge in [0.15, 0.2) is 5.82 Å². The van der Waals surface area contributed by atoms with E-state index in [1.165, 1.54) is 0 Å². The largest absolute Gasteiger partial charge is 0.327 e. The lowest BCUT2D eigenvalue weighted by molar-refractivity contribution is -0.117. The number of nitrogens with one attached hydrogen (secondary N) is 1. The van der Waals surface area contributed by atoms with Crippen LogP contribution in [-0.4, -0.2) is 21.7 Å². The number of rotatable bonds is 3. The number of carbonyl (C=O) groups excluding carboxylic acids is 1. The predicted octanol–water partition coefficient (Wildman–Crippen LogP) is 1.30. The average molecular weight is 259 g/mol. The van der Waals surface area contributed by atoms with E-state index in [9.17, 15) is 4.79 Å². The Morgan fingerprint density at radius 2 is 2.41 bits per heavy atom. The molecular formula is C11H19ClN4O. The van der Waals surface area contributed by atoms with Crippen molar-refractivity contribution >= 4 is 24.1 Å². The molecule has 1 aliphatic carbocycles.